The SMILES string of the molecule is COc1ccc(F)cc1-c1csc(NC(=O)c2cc(OC)c(OC)c(OC)c2)n1. The van der Waals surface area contributed by atoms with E-state index in [0.29, 0.717) is 45.0 Å². The first-order valence-electron chi connectivity index (χ1n) is 8.41. The van der Waals surface area contributed by atoms with Gasteiger partial charge in [0, 0.05) is 16.5 Å². The first-order valence-corrected chi connectivity index (χ1v) is 9.29. The number of aromatic nitrogens is 1. The van der Waals surface area contributed by atoms with Crippen molar-refractivity contribution in [1.82, 2.24) is 4.98 Å². The van der Waals surface area contributed by atoms with Gasteiger partial charge in [-0.2, -0.15) is 0 Å². The van der Waals surface area contributed by atoms with Crippen LogP contribution >= 0.6 is 11.3 Å². The van der Waals surface area contributed by atoms with E-state index >= 15 is 0 Å². The first-order chi connectivity index (χ1) is 14.0. The number of hydrogen-bond donors (Lipinski definition) is 1. The maximum Gasteiger partial charge on any atom is 0.257 e. The Labute approximate surface area is 171 Å². The topological polar surface area (TPSA) is 78.9 Å². The number of hydrogen-bond acceptors (Lipinski definition) is 7. The zero-order chi connectivity index (χ0) is 21.0. The van der Waals surface area contributed by atoms with E-state index in [9.17, 15) is 9.18 Å². The van der Waals surface area contributed by atoms with Crippen molar-refractivity contribution in [2.75, 3.05) is 33.8 Å². The van der Waals surface area contributed by atoms with Crippen LogP contribution in [0, 0.1) is 5.82 Å². The number of benzene rings is 2. The molecule has 29 heavy (non-hydrogen) atoms. The number of thiazole rings is 1. The molecule has 152 valence electrons. The van der Waals surface area contributed by atoms with Crippen LogP contribution in [-0.2, 0) is 0 Å². The number of methoxy groups -OCH3 is 4. The summed E-state index contributed by atoms with van der Waals surface area (Å²) in [6.45, 7) is 0. The van der Waals surface area contributed by atoms with E-state index in [4.69, 9.17) is 18.9 Å². The smallest absolute Gasteiger partial charge is 0.257 e. The number of ether oxygens (including phenoxy) is 4. The molecular weight excluding hydrogens is 399 g/mol. The molecule has 0 saturated carbocycles. The Bertz CT molecular complexity index is 1010. The summed E-state index contributed by atoms with van der Waals surface area (Å²) in [5.74, 6) is 0.788. The van der Waals surface area contributed by atoms with Gasteiger partial charge in [-0.3, -0.25) is 10.1 Å². The summed E-state index contributed by atoms with van der Waals surface area (Å²) >= 11 is 1.21. The van der Waals surface area contributed by atoms with E-state index in [2.05, 4.69) is 10.3 Å². The third-order valence-electron chi connectivity index (χ3n) is 4.09. The van der Waals surface area contributed by atoms with Crippen LogP contribution in [0.15, 0.2) is 35.7 Å². The van der Waals surface area contributed by atoms with Crippen LogP contribution in [0.25, 0.3) is 11.3 Å². The van der Waals surface area contributed by atoms with Crippen molar-refractivity contribution in [3.05, 3.63) is 47.1 Å². The number of nitrogens with one attached hydrogen (secondary N) is 1. The zero-order valence-electron chi connectivity index (χ0n) is 16.2. The highest BCUT2D eigenvalue weighted by molar-refractivity contribution is 7.14. The van der Waals surface area contributed by atoms with Crippen molar-refractivity contribution in [3.8, 4) is 34.3 Å². The van der Waals surface area contributed by atoms with Crippen molar-refractivity contribution in [2.24, 2.45) is 0 Å². The number of rotatable bonds is 7. The van der Waals surface area contributed by atoms with Gasteiger partial charge in [0.2, 0.25) is 5.75 Å². The molecule has 1 aromatic heterocycles. The molecule has 0 saturated heterocycles. The largest absolute Gasteiger partial charge is 0.496 e. The highest BCUT2D eigenvalue weighted by Gasteiger charge is 2.18. The van der Waals surface area contributed by atoms with Gasteiger partial charge in [0.1, 0.15) is 11.6 Å². The van der Waals surface area contributed by atoms with E-state index in [1.165, 1.54) is 58.0 Å². The molecule has 1 N–H and O–H groups in total. The first kappa shape index (κ1) is 20.4. The number of nitrogens with zero attached hydrogens (tertiary/aromatic N) is 1. The minimum Gasteiger partial charge on any atom is -0.496 e. The predicted octanol–water partition coefficient (Wildman–Crippen LogP) is 4.24. The minimum atomic E-state index is -0.406. The summed E-state index contributed by atoms with van der Waals surface area (Å²) in [5, 5.41) is 4.78. The maximum atomic E-state index is 13.6. The molecule has 9 heteroatoms. The van der Waals surface area contributed by atoms with Crippen LogP contribution in [-0.4, -0.2) is 39.3 Å². The van der Waals surface area contributed by atoms with Crippen molar-refractivity contribution in [3.63, 3.8) is 0 Å². The molecule has 0 radical (unpaired) electrons. The molecule has 7 nitrogen and oxygen atoms in total. The molecule has 0 aliphatic rings. The summed E-state index contributed by atoms with van der Waals surface area (Å²) < 4.78 is 34.7. The molecule has 3 aromatic rings. The van der Waals surface area contributed by atoms with E-state index in [1.54, 1.807) is 17.5 Å². The highest BCUT2D eigenvalue weighted by atomic mass is 32.1. The molecule has 0 atom stereocenters. The van der Waals surface area contributed by atoms with Crippen LogP contribution < -0.4 is 24.3 Å². The Balaban J connectivity index is 1.87. The number of carbonyl (C=O) groups excluding carboxylic acids is 1. The fourth-order valence-electron chi connectivity index (χ4n) is 2.72. The van der Waals surface area contributed by atoms with Gasteiger partial charge in [-0.15, -0.1) is 11.3 Å². The van der Waals surface area contributed by atoms with Crippen LogP contribution in [0.3, 0.4) is 0 Å². The van der Waals surface area contributed by atoms with Gasteiger partial charge in [0.25, 0.3) is 5.91 Å². The molecule has 1 amide bonds. The summed E-state index contributed by atoms with van der Waals surface area (Å²) in [4.78, 5) is 17.1. The molecule has 0 fully saturated rings. The number of anilines is 1. The Kier molecular flexibility index (Phi) is 6.18. The summed E-state index contributed by atoms with van der Waals surface area (Å²) in [7, 11) is 5.92. The van der Waals surface area contributed by atoms with Crippen molar-refractivity contribution in [1.29, 1.82) is 0 Å². The van der Waals surface area contributed by atoms with E-state index < -0.39 is 11.7 Å². The lowest BCUT2D eigenvalue weighted by molar-refractivity contribution is 0.102. The van der Waals surface area contributed by atoms with Gasteiger partial charge in [-0.25, -0.2) is 9.37 Å². The fraction of sp³-hybridized carbons (Fsp3) is 0.200. The molecule has 0 aliphatic carbocycles. The molecule has 3 rings (SSSR count). The van der Waals surface area contributed by atoms with Crippen molar-refractivity contribution < 1.29 is 28.1 Å². The highest BCUT2D eigenvalue weighted by Crippen LogP contribution is 2.38. The molecule has 0 unspecified atom stereocenters. The summed E-state index contributed by atoms with van der Waals surface area (Å²) in [6, 6.07) is 7.25. The fourth-order valence-corrected chi connectivity index (χ4v) is 3.42. The lowest BCUT2D eigenvalue weighted by Gasteiger charge is -2.13. The standard InChI is InChI=1S/C20H19FN2O5S/c1-25-15-6-5-12(21)9-13(15)14-10-29-20(22-14)23-19(24)11-7-16(26-2)18(28-4)17(8-11)27-3/h5-10H,1-4H3,(H,22,23,24). The summed E-state index contributed by atoms with van der Waals surface area (Å²) in [5.41, 5.74) is 1.29. The average molecular weight is 418 g/mol. The lowest BCUT2D eigenvalue weighted by atomic mass is 10.1. The van der Waals surface area contributed by atoms with E-state index in [1.807, 2.05) is 0 Å². The number of amides is 1. The van der Waals surface area contributed by atoms with Gasteiger partial charge in [-0.1, -0.05) is 0 Å². The second kappa shape index (κ2) is 8.78. The molecule has 1 heterocycles. The Morgan fingerprint density at radius 2 is 1.62 bits per heavy atom. The molecule has 0 spiro atoms. The van der Waals surface area contributed by atoms with Crippen molar-refractivity contribution >= 4 is 22.4 Å². The van der Waals surface area contributed by atoms with Crippen LogP contribution in [0.5, 0.6) is 23.0 Å². The Morgan fingerprint density at radius 1 is 0.966 bits per heavy atom. The molecule has 0 bridgehead atoms. The normalized spacial score (nSPS) is 10.4. The Hall–Kier alpha value is -3.33. The summed E-state index contributed by atoms with van der Waals surface area (Å²) in [6.07, 6.45) is 0. The average Bonchev–Trinajstić information content (AvgIpc) is 3.20. The zero-order valence-corrected chi connectivity index (χ0v) is 17.1. The molecule has 0 aliphatic heterocycles. The van der Waals surface area contributed by atoms with E-state index in [-0.39, 0.29) is 0 Å². The van der Waals surface area contributed by atoms with Crippen LogP contribution in [0.4, 0.5) is 9.52 Å². The Morgan fingerprint density at radius 3 is 2.21 bits per heavy atom. The van der Waals surface area contributed by atoms with E-state index in [0.717, 1.165) is 0 Å². The van der Waals surface area contributed by atoms with Gasteiger partial charge in [-0.05, 0) is 30.3 Å². The van der Waals surface area contributed by atoms with Crippen LogP contribution in [0.1, 0.15) is 10.4 Å². The lowest BCUT2D eigenvalue weighted by Crippen LogP contribution is -2.12. The molecule has 2 aromatic carbocycles. The monoisotopic (exact) mass is 418 g/mol. The van der Waals surface area contributed by atoms with Gasteiger partial charge in [0.05, 0.1) is 34.1 Å². The van der Waals surface area contributed by atoms with Gasteiger partial charge >= 0.3 is 0 Å². The quantitative estimate of drug-likeness (QED) is 0.618. The second-order valence-electron chi connectivity index (χ2n) is 5.75. The maximum absolute atomic E-state index is 13.6. The minimum absolute atomic E-state index is 0.305. The number of carbonyl (C=O) groups is 1. The van der Waals surface area contributed by atoms with Crippen LogP contribution in [0.2, 0.25) is 0 Å². The third kappa shape index (κ3) is 4.24. The third-order valence-corrected chi connectivity index (χ3v) is 4.85. The predicted molar refractivity (Wildman–Crippen MR) is 108 cm³/mol. The molecular formula is C20H19FN2O5S. The van der Waals surface area contributed by atoms with Crippen molar-refractivity contribution in [2.45, 2.75) is 0 Å². The number of halogens is 1. The van der Waals surface area contributed by atoms with Gasteiger partial charge in [0.15, 0.2) is 16.6 Å². The second-order valence-corrected chi connectivity index (χ2v) is 6.61. The van der Waals surface area contributed by atoms with Gasteiger partial charge < -0.3 is 18.9 Å².